The van der Waals surface area contributed by atoms with Gasteiger partial charge in [0.1, 0.15) is 0 Å². The van der Waals surface area contributed by atoms with E-state index in [2.05, 4.69) is 17.6 Å². The van der Waals surface area contributed by atoms with Crippen LogP contribution in [0.25, 0.3) is 0 Å². The van der Waals surface area contributed by atoms with Gasteiger partial charge in [-0.05, 0) is 19.8 Å². The summed E-state index contributed by atoms with van der Waals surface area (Å²) in [5, 5.41) is 6.99. The van der Waals surface area contributed by atoms with Gasteiger partial charge in [0.15, 0.2) is 0 Å². The standard InChI is InChI=1S/C11H22N2O2/c1-2-15-11-5-9(6-11)13-7-10-8-14-4-3-12-10/h9-13H,2-8H2,1H3. The first-order valence-electron chi connectivity index (χ1n) is 6.04. The average molecular weight is 214 g/mol. The van der Waals surface area contributed by atoms with Crippen LogP contribution in [-0.2, 0) is 9.47 Å². The van der Waals surface area contributed by atoms with Crippen molar-refractivity contribution < 1.29 is 9.47 Å². The highest BCUT2D eigenvalue weighted by atomic mass is 16.5. The van der Waals surface area contributed by atoms with Gasteiger partial charge in [-0.3, -0.25) is 0 Å². The van der Waals surface area contributed by atoms with E-state index in [0.29, 0.717) is 18.2 Å². The van der Waals surface area contributed by atoms with Gasteiger partial charge in [0.25, 0.3) is 0 Å². The second-order valence-electron chi connectivity index (χ2n) is 4.38. The molecule has 1 saturated heterocycles. The van der Waals surface area contributed by atoms with Gasteiger partial charge in [-0.15, -0.1) is 0 Å². The molecule has 0 aromatic heterocycles. The molecule has 15 heavy (non-hydrogen) atoms. The maximum absolute atomic E-state index is 5.52. The predicted molar refractivity (Wildman–Crippen MR) is 59.0 cm³/mol. The molecule has 1 unspecified atom stereocenters. The molecule has 2 aliphatic rings. The highest BCUT2D eigenvalue weighted by Gasteiger charge is 2.29. The molecule has 1 heterocycles. The molecule has 0 spiro atoms. The summed E-state index contributed by atoms with van der Waals surface area (Å²) >= 11 is 0. The van der Waals surface area contributed by atoms with Crippen LogP contribution in [-0.4, -0.2) is 51.1 Å². The SMILES string of the molecule is CCOC1CC(NCC2COCCN2)C1. The lowest BCUT2D eigenvalue weighted by Gasteiger charge is -2.37. The highest BCUT2D eigenvalue weighted by molar-refractivity contribution is 4.87. The number of ether oxygens (including phenoxy) is 2. The molecule has 1 aliphatic carbocycles. The molecule has 4 heteroatoms. The summed E-state index contributed by atoms with van der Waals surface area (Å²) in [7, 11) is 0. The first-order valence-corrected chi connectivity index (χ1v) is 6.04. The van der Waals surface area contributed by atoms with E-state index in [1.807, 2.05) is 0 Å². The van der Waals surface area contributed by atoms with E-state index in [0.717, 1.165) is 32.9 Å². The summed E-state index contributed by atoms with van der Waals surface area (Å²) in [6.45, 7) is 6.60. The maximum atomic E-state index is 5.52. The van der Waals surface area contributed by atoms with Gasteiger partial charge in [0, 0.05) is 31.8 Å². The monoisotopic (exact) mass is 214 g/mol. The van der Waals surface area contributed by atoms with Crippen LogP contribution in [0.15, 0.2) is 0 Å². The molecule has 0 aromatic rings. The largest absolute Gasteiger partial charge is 0.378 e. The quantitative estimate of drug-likeness (QED) is 0.683. The first-order chi connectivity index (χ1) is 7.38. The fourth-order valence-electron chi connectivity index (χ4n) is 2.16. The third-order valence-corrected chi connectivity index (χ3v) is 3.15. The van der Waals surface area contributed by atoms with E-state index >= 15 is 0 Å². The maximum Gasteiger partial charge on any atom is 0.0632 e. The van der Waals surface area contributed by atoms with E-state index in [-0.39, 0.29) is 0 Å². The fourth-order valence-corrected chi connectivity index (χ4v) is 2.16. The van der Waals surface area contributed by atoms with Crippen molar-refractivity contribution in [3.8, 4) is 0 Å². The minimum Gasteiger partial charge on any atom is -0.378 e. The molecular weight excluding hydrogens is 192 g/mol. The molecule has 0 bridgehead atoms. The molecule has 0 radical (unpaired) electrons. The van der Waals surface area contributed by atoms with E-state index in [1.165, 1.54) is 12.8 Å². The van der Waals surface area contributed by atoms with Crippen LogP contribution in [0, 0.1) is 0 Å². The Morgan fingerprint density at radius 1 is 1.47 bits per heavy atom. The highest BCUT2D eigenvalue weighted by Crippen LogP contribution is 2.22. The molecule has 0 amide bonds. The number of nitrogens with one attached hydrogen (secondary N) is 2. The summed E-state index contributed by atoms with van der Waals surface area (Å²) in [6, 6.07) is 1.15. The predicted octanol–water partition coefficient (Wildman–Crippen LogP) is 0.132. The third kappa shape index (κ3) is 3.41. The second kappa shape index (κ2) is 5.80. The Kier molecular flexibility index (Phi) is 4.38. The average Bonchev–Trinajstić information content (AvgIpc) is 2.23. The second-order valence-corrected chi connectivity index (χ2v) is 4.38. The first kappa shape index (κ1) is 11.3. The molecule has 4 nitrogen and oxygen atoms in total. The summed E-state index contributed by atoms with van der Waals surface area (Å²) < 4.78 is 10.9. The van der Waals surface area contributed by atoms with Crippen molar-refractivity contribution in [1.29, 1.82) is 0 Å². The van der Waals surface area contributed by atoms with Crippen LogP contribution in [0.4, 0.5) is 0 Å². The normalized spacial score (nSPS) is 36.2. The minimum absolute atomic E-state index is 0.491. The van der Waals surface area contributed by atoms with E-state index in [9.17, 15) is 0 Å². The number of hydrogen-bond donors (Lipinski definition) is 2. The van der Waals surface area contributed by atoms with Gasteiger partial charge < -0.3 is 20.1 Å². The number of morpholine rings is 1. The Bertz CT molecular complexity index is 177. The number of rotatable bonds is 5. The van der Waals surface area contributed by atoms with Crippen LogP contribution >= 0.6 is 0 Å². The molecule has 1 saturated carbocycles. The van der Waals surface area contributed by atoms with Crippen molar-refractivity contribution >= 4 is 0 Å². The van der Waals surface area contributed by atoms with Crippen LogP contribution in [0.3, 0.4) is 0 Å². The van der Waals surface area contributed by atoms with Crippen molar-refractivity contribution in [3.63, 3.8) is 0 Å². The van der Waals surface area contributed by atoms with Gasteiger partial charge in [0.2, 0.25) is 0 Å². The van der Waals surface area contributed by atoms with Crippen molar-refractivity contribution in [1.82, 2.24) is 10.6 Å². The van der Waals surface area contributed by atoms with Gasteiger partial charge >= 0.3 is 0 Å². The van der Waals surface area contributed by atoms with Crippen molar-refractivity contribution in [2.45, 2.75) is 38.0 Å². The zero-order valence-corrected chi connectivity index (χ0v) is 9.50. The lowest BCUT2D eigenvalue weighted by atomic mass is 9.89. The molecular formula is C11H22N2O2. The van der Waals surface area contributed by atoms with E-state index in [1.54, 1.807) is 0 Å². The van der Waals surface area contributed by atoms with Crippen LogP contribution < -0.4 is 10.6 Å². The smallest absolute Gasteiger partial charge is 0.0632 e. The van der Waals surface area contributed by atoms with Gasteiger partial charge in [-0.1, -0.05) is 0 Å². The molecule has 2 N–H and O–H groups in total. The lowest BCUT2D eigenvalue weighted by Crippen LogP contribution is -2.53. The summed E-state index contributed by atoms with van der Waals surface area (Å²) in [4.78, 5) is 0. The third-order valence-electron chi connectivity index (χ3n) is 3.15. The van der Waals surface area contributed by atoms with E-state index < -0.39 is 0 Å². The summed E-state index contributed by atoms with van der Waals surface area (Å²) in [6.07, 6.45) is 2.84. The Morgan fingerprint density at radius 2 is 2.33 bits per heavy atom. The Hall–Kier alpha value is -0.160. The molecule has 1 atom stereocenters. The van der Waals surface area contributed by atoms with Crippen molar-refractivity contribution in [2.75, 3.05) is 32.9 Å². The fraction of sp³-hybridized carbons (Fsp3) is 1.00. The molecule has 0 aromatic carbocycles. The molecule has 88 valence electrons. The summed E-state index contributed by atoms with van der Waals surface area (Å²) in [5.74, 6) is 0. The van der Waals surface area contributed by atoms with Crippen molar-refractivity contribution in [3.05, 3.63) is 0 Å². The number of hydrogen-bond acceptors (Lipinski definition) is 4. The molecule has 1 aliphatic heterocycles. The minimum atomic E-state index is 0.491. The topological polar surface area (TPSA) is 42.5 Å². The molecule has 2 rings (SSSR count). The van der Waals surface area contributed by atoms with Gasteiger partial charge in [-0.2, -0.15) is 0 Å². The zero-order chi connectivity index (χ0) is 10.5. The zero-order valence-electron chi connectivity index (χ0n) is 9.50. The Labute approximate surface area is 91.7 Å². The van der Waals surface area contributed by atoms with Crippen LogP contribution in [0.5, 0.6) is 0 Å². The van der Waals surface area contributed by atoms with E-state index in [4.69, 9.17) is 9.47 Å². The summed E-state index contributed by atoms with van der Waals surface area (Å²) in [5.41, 5.74) is 0. The van der Waals surface area contributed by atoms with Crippen LogP contribution in [0.2, 0.25) is 0 Å². The molecule has 2 fully saturated rings. The van der Waals surface area contributed by atoms with Gasteiger partial charge in [0.05, 0.1) is 19.3 Å². The Balaban J connectivity index is 1.52. The van der Waals surface area contributed by atoms with Crippen LogP contribution in [0.1, 0.15) is 19.8 Å². The Morgan fingerprint density at radius 3 is 3.00 bits per heavy atom. The van der Waals surface area contributed by atoms with Gasteiger partial charge in [-0.25, -0.2) is 0 Å². The lowest BCUT2D eigenvalue weighted by molar-refractivity contribution is -0.0117. The van der Waals surface area contributed by atoms with Crippen molar-refractivity contribution in [2.24, 2.45) is 0 Å².